The van der Waals surface area contributed by atoms with E-state index >= 15 is 0 Å². The van der Waals surface area contributed by atoms with Crippen LogP contribution in [0.3, 0.4) is 0 Å². The standard InChI is InChI=1S/C14H17N3O/c1-10-15-13(14(18)17(10)4)9-11-5-7-12(8-6-11)16(2)3/h5-9,15H,1H2,2-4H3. The second kappa shape index (κ2) is 4.56. The van der Waals surface area contributed by atoms with Gasteiger partial charge in [0.05, 0.1) is 0 Å². The number of hydrogen-bond acceptors (Lipinski definition) is 2. The molecule has 0 atom stereocenters. The van der Waals surface area contributed by atoms with Crippen LogP contribution in [0.25, 0.3) is 12.7 Å². The zero-order valence-corrected chi connectivity index (χ0v) is 10.9. The molecule has 1 aromatic carbocycles. The molecule has 0 aliphatic heterocycles. The lowest BCUT2D eigenvalue weighted by Crippen LogP contribution is -2.28. The van der Waals surface area contributed by atoms with Crippen LogP contribution < -0.4 is 21.3 Å². The zero-order valence-electron chi connectivity index (χ0n) is 10.9. The van der Waals surface area contributed by atoms with Crippen LogP contribution in [-0.4, -0.2) is 23.6 Å². The smallest absolute Gasteiger partial charge is 0.275 e. The molecule has 0 aliphatic rings. The number of H-pyrrole nitrogens is 1. The van der Waals surface area contributed by atoms with Gasteiger partial charge in [-0.25, -0.2) is 0 Å². The maximum absolute atomic E-state index is 11.8. The van der Waals surface area contributed by atoms with E-state index in [0.29, 0.717) is 10.8 Å². The largest absolute Gasteiger partial charge is 0.378 e. The lowest BCUT2D eigenvalue weighted by atomic mass is 10.2. The van der Waals surface area contributed by atoms with E-state index in [1.165, 1.54) is 4.57 Å². The molecule has 0 radical (unpaired) electrons. The summed E-state index contributed by atoms with van der Waals surface area (Å²) in [6.07, 6.45) is 1.83. The monoisotopic (exact) mass is 243 g/mol. The molecule has 1 N–H and O–H groups in total. The molecule has 94 valence electrons. The van der Waals surface area contributed by atoms with E-state index in [1.807, 2.05) is 49.3 Å². The highest BCUT2D eigenvalue weighted by Gasteiger charge is 1.98. The van der Waals surface area contributed by atoms with Gasteiger partial charge in [0.1, 0.15) is 10.8 Å². The molecule has 2 aromatic rings. The maximum Gasteiger partial charge on any atom is 0.275 e. The lowest BCUT2D eigenvalue weighted by molar-refractivity contribution is 0.840. The van der Waals surface area contributed by atoms with Crippen LogP contribution in [0.4, 0.5) is 5.69 Å². The summed E-state index contributed by atoms with van der Waals surface area (Å²) in [6.45, 7) is 3.76. The summed E-state index contributed by atoms with van der Waals surface area (Å²) < 4.78 is 1.50. The molecule has 0 spiro atoms. The third kappa shape index (κ3) is 2.22. The first-order valence-corrected chi connectivity index (χ1v) is 5.72. The zero-order chi connectivity index (χ0) is 13.3. The second-order valence-electron chi connectivity index (χ2n) is 4.48. The second-order valence-corrected chi connectivity index (χ2v) is 4.48. The number of nitrogens with one attached hydrogen (secondary N) is 1. The first kappa shape index (κ1) is 12.2. The fourth-order valence-electron chi connectivity index (χ4n) is 1.73. The van der Waals surface area contributed by atoms with Gasteiger partial charge in [-0.05, 0) is 23.8 Å². The number of benzene rings is 1. The van der Waals surface area contributed by atoms with Gasteiger partial charge in [0.15, 0.2) is 0 Å². The van der Waals surface area contributed by atoms with Gasteiger partial charge in [0.2, 0.25) is 0 Å². The summed E-state index contributed by atoms with van der Waals surface area (Å²) in [4.78, 5) is 16.8. The molecular weight excluding hydrogens is 226 g/mol. The molecule has 0 aliphatic carbocycles. The lowest BCUT2D eigenvalue weighted by Gasteiger charge is -2.11. The molecular formula is C14H17N3O. The minimum Gasteiger partial charge on any atom is -0.378 e. The first-order valence-electron chi connectivity index (χ1n) is 5.72. The van der Waals surface area contributed by atoms with Crippen molar-refractivity contribution >= 4 is 18.3 Å². The molecule has 0 bridgehead atoms. The highest BCUT2D eigenvalue weighted by Crippen LogP contribution is 2.12. The van der Waals surface area contributed by atoms with Crippen molar-refractivity contribution in [3.8, 4) is 0 Å². The Morgan fingerprint density at radius 1 is 1.28 bits per heavy atom. The molecule has 1 heterocycles. The third-order valence-corrected chi connectivity index (χ3v) is 2.94. The van der Waals surface area contributed by atoms with Crippen molar-refractivity contribution in [3.05, 3.63) is 51.0 Å². The Bertz CT molecular complexity index is 705. The van der Waals surface area contributed by atoms with E-state index in [9.17, 15) is 4.79 Å². The molecule has 4 heteroatoms. The number of rotatable bonds is 2. The van der Waals surface area contributed by atoms with Gasteiger partial charge in [-0.15, -0.1) is 0 Å². The van der Waals surface area contributed by atoms with Crippen molar-refractivity contribution in [2.75, 3.05) is 19.0 Å². The first-order chi connectivity index (χ1) is 8.49. The highest BCUT2D eigenvalue weighted by atomic mass is 16.1. The number of nitrogens with zero attached hydrogens (tertiary/aromatic N) is 2. The van der Waals surface area contributed by atoms with E-state index in [1.54, 1.807) is 7.05 Å². The predicted molar refractivity (Wildman–Crippen MR) is 75.1 cm³/mol. The minimum atomic E-state index is -0.0586. The van der Waals surface area contributed by atoms with Crippen molar-refractivity contribution in [2.24, 2.45) is 7.05 Å². The van der Waals surface area contributed by atoms with Crippen LogP contribution in [0.1, 0.15) is 5.56 Å². The molecule has 0 unspecified atom stereocenters. The Balaban J connectivity index is 2.47. The number of imidazole rings is 1. The summed E-state index contributed by atoms with van der Waals surface area (Å²) in [5.74, 6) is 0. The van der Waals surface area contributed by atoms with Crippen LogP contribution in [-0.2, 0) is 7.05 Å². The molecule has 18 heavy (non-hydrogen) atoms. The summed E-state index contributed by atoms with van der Waals surface area (Å²) >= 11 is 0. The maximum atomic E-state index is 11.8. The molecule has 2 rings (SSSR count). The van der Waals surface area contributed by atoms with E-state index in [-0.39, 0.29) is 5.56 Å². The summed E-state index contributed by atoms with van der Waals surface area (Å²) in [5.41, 5.74) is 2.66. The van der Waals surface area contributed by atoms with E-state index in [4.69, 9.17) is 0 Å². The van der Waals surface area contributed by atoms with Gasteiger partial charge >= 0.3 is 0 Å². The van der Waals surface area contributed by atoms with Crippen LogP contribution in [0.5, 0.6) is 0 Å². The SMILES string of the molecule is C=c1[nH]c(=Cc2ccc(N(C)C)cc2)c(=O)n1C. The average Bonchev–Trinajstić information content (AvgIpc) is 2.58. The Morgan fingerprint density at radius 3 is 2.33 bits per heavy atom. The molecule has 0 saturated carbocycles. The van der Waals surface area contributed by atoms with E-state index in [0.717, 1.165) is 11.3 Å². The van der Waals surface area contributed by atoms with Crippen molar-refractivity contribution in [2.45, 2.75) is 0 Å². The number of aromatic nitrogens is 2. The van der Waals surface area contributed by atoms with E-state index < -0.39 is 0 Å². The fraction of sp³-hybridized carbons (Fsp3) is 0.214. The number of anilines is 1. The van der Waals surface area contributed by atoms with Crippen molar-refractivity contribution in [1.29, 1.82) is 0 Å². The van der Waals surface area contributed by atoms with E-state index in [2.05, 4.69) is 11.6 Å². The van der Waals surface area contributed by atoms with Crippen molar-refractivity contribution < 1.29 is 0 Å². The molecule has 4 nitrogen and oxygen atoms in total. The van der Waals surface area contributed by atoms with Gasteiger partial charge < -0.3 is 9.88 Å². The topological polar surface area (TPSA) is 41.0 Å². The summed E-state index contributed by atoms with van der Waals surface area (Å²) in [7, 11) is 5.69. The molecule has 0 amide bonds. The number of hydrogen-bond donors (Lipinski definition) is 1. The molecule has 0 saturated heterocycles. The average molecular weight is 243 g/mol. The van der Waals surface area contributed by atoms with Gasteiger partial charge in [-0.1, -0.05) is 18.7 Å². The van der Waals surface area contributed by atoms with Gasteiger partial charge in [0, 0.05) is 26.8 Å². The Kier molecular flexibility index (Phi) is 3.10. The Hall–Kier alpha value is -2.23. The number of aromatic amines is 1. The molecule has 1 aromatic heterocycles. The minimum absolute atomic E-state index is 0.0586. The van der Waals surface area contributed by atoms with Crippen LogP contribution in [0, 0.1) is 0 Å². The van der Waals surface area contributed by atoms with Crippen molar-refractivity contribution in [3.63, 3.8) is 0 Å². The molecule has 0 fully saturated rings. The summed E-state index contributed by atoms with van der Waals surface area (Å²) in [6, 6.07) is 8.01. The fourth-order valence-corrected chi connectivity index (χ4v) is 1.73. The summed E-state index contributed by atoms with van der Waals surface area (Å²) in [5, 5.41) is 0.556. The van der Waals surface area contributed by atoms with Gasteiger partial charge in [0.25, 0.3) is 5.56 Å². The van der Waals surface area contributed by atoms with Gasteiger partial charge in [-0.3, -0.25) is 9.36 Å². The van der Waals surface area contributed by atoms with Crippen LogP contribution in [0.2, 0.25) is 0 Å². The third-order valence-electron chi connectivity index (χ3n) is 2.94. The van der Waals surface area contributed by atoms with Crippen molar-refractivity contribution in [1.82, 2.24) is 9.55 Å². The highest BCUT2D eigenvalue weighted by molar-refractivity contribution is 5.54. The quantitative estimate of drug-likeness (QED) is 0.808. The van der Waals surface area contributed by atoms with Crippen LogP contribution >= 0.6 is 0 Å². The van der Waals surface area contributed by atoms with Gasteiger partial charge in [-0.2, -0.15) is 0 Å². The Labute approximate surface area is 105 Å². The normalized spacial score (nSPS) is 11.8. The predicted octanol–water partition coefficient (Wildman–Crippen LogP) is 0.0185. The Morgan fingerprint density at radius 2 is 1.89 bits per heavy atom. The van der Waals surface area contributed by atoms with Crippen LogP contribution in [0.15, 0.2) is 29.1 Å².